The van der Waals surface area contributed by atoms with Crippen LogP contribution in [0.15, 0.2) is 23.0 Å². The summed E-state index contributed by atoms with van der Waals surface area (Å²) in [5.74, 6) is 8.28. The second-order valence-electron chi connectivity index (χ2n) is 6.96. The highest BCUT2D eigenvalue weighted by Gasteiger charge is 2.33. The maximum absolute atomic E-state index is 13.3. The van der Waals surface area contributed by atoms with Crippen LogP contribution in [0.25, 0.3) is 10.3 Å². The molecule has 9 nitrogen and oxygen atoms in total. The Balaban J connectivity index is 0.00000141. The van der Waals surface area contributed by atoms with Gasteiger partial charge in [0.25, 0.3) is 5.56 Å². The van der Waals surface area contributed by atoms with Gasteiger partial charge in [0.2, 0.25) is 0 Å². The molecule has 1 fully saturated rings. The molecule has 2 aromatic heterocycles. The van der Waals surface area contributed by atoms with E-state index in [2.05, 4.69) is 21.7 Å². The summed E-state index contributed by atoms with van der Waals surface area (Å²) in [6, 6.07) is 4.06. The largest absolute Gasteiger partial charge is 0.416 e. The summed E-state index contributed by atoms with van der Waals surface area (Å²) >= 11 is 1.23. The van der Waals surface area contributed by atoms with Crippen molar-refractivity contribution in [1.29, 1.82) is 0 Å². The van der Waals surface area contributed by atoms with Crippen LogP contribution < -0.4 is 27.9 Å². The zero-order valence-electron chi connectivity index (χ0n) is 17.4. The Kier molecular flexibility index (Phi) is 7.46. The average molecular weight is 472 g/mol. The van der Waals surface area contributed by atoms with Gasteiger partial charge in [-0.1, -0.05) is 23.5 Å². The number of ether oxygens (including phenoxy) is 1. The molecular weight excluding hydrogens is 447 g/mol. The van der Waals surface area contributed by atoms with Gasteiger partial charge in [-0.05, 0) is 24.1 Å². The Morgan fingerprint density at radius 1 is 1.19 bits per heavy atom. The smallest absolute Gasteiger partial charge is 0.378 e. The highest BCUT2D eigenvalue weighted by Crippen LogP contribution is 2.34. The van der Waals surface area contributed by atoms with Crippen molar-refractivity contribution in [3.63, 3.8) is 0 Å². The van der Waals surface area contributed by atoms with Crippen molar-refractivity contribution >= 4 is 26.8 Å². The normalized spacial score (nSPS) is 14.4. The minimum atomic E-state index is -4.45. The number of halogens is 3. The molecule has 4 rings (SSSR count). The fraction of sp³-hybridized carbons (Fsp3) is 0.421. The molecule has 0 atom stereocenters. The monoisotopic (exact) mass is 471 g/mol. The highest BCUT2D eigenvalue weighted by molar-refractivity contribution is 7.22. The van der Waals surface area contributed by atoms with Crippen LogP contribution in [0, 0.1) is 6.92 Å². The molecule has 0 radical (unpaired) electrons. The van der Waals surface area contributed by atoms with Gasteiger partial charge in [0, 0.05) is 13.1 Å². The molecule has 0 aliphatic carbocycles. The third-order valence-electron chi connectivity index (χ3n) is 5.13. The zero-order valence-corrected chi connectivity index (χ0v) is 18.2. The van der Waals surface area contributed by atoms with E-state index in [0.29, 0.717) is 47.3 Å². The van der Waals surface area contributed by atoms with Crippen molar-refractivity contribution in [2.24, 2.45) is 17.4 Å². The van der Waals surface area contributed by atoms with E-state index in [0.717, 1.165) is 6.07 Å². The predicted octanol–water partition coefficient (Wildman–Crippen LogP) is 1.34. The summed E-state index contributed by atoms with van der Waals surface area (Å²) in [6.07, 6.45) is -4.45. The Labute approximate surface area is 185 Å². The molecule has 0 spiro atoms. The lowest BCUT2D eigenvalue weighted by atomic mass is 10.0. The first-order valence-electron chi connectivity index (χ1n) is 9.71. The molecule has 0 saturated carbocycles. The van der Waals surface area contributed by atoms with Gasteiger partial charge in [-0.2, -0.15) is 18.2 Å². The number of hydrogen-bond donors (Lipinski definition) is 3. The summed E-state index contributed by atoms with van der Waals surface area (Å²) in [5.41, 5.74) is 5.66. The molecule has 13 heteroatoms. The van der Waals surface area contributed by atoms with Crippen molar-refractivity contribution in [2.75, 3.05) is 31.2 Å². The highest BCUT2D eigenvalue weighted by atomic mass is 32.1. The first-order chi connectivity index (χ1) is 15.3. The lowest BCUT2D eigenvalue weighted by molar-refractivity contribution is -0.138. The maximum Gasteiger partial charge on any atom is 0.416 e. The molecule has 3 aromatic rings. The average Bonchev–Trinajstić information content (AvgIpc) is 3.24. The summed E-state index contributed by atoms with van der Waals surface area (Å²) < 4.78 is 47.3. The van der Waals surface area contributed by atoms with E-state index in [9.17, 15) is 18.0 Å². The minimum Gasteiger partial charge on any atom is -0.378 e. The third-order valence-corrected chi connectivity index (χ3v) is 6.23. The molecule has 174 valence electrons. The van der Waals surface area contributed by atoms with Crippen LogP contribution in [-0.2, 0) is 24.0 Å². The molecule has 3 heterocycles. The van der Waals surface area contributed by atoms with Gasteiger partial charge in [-0.25, -0.2) is 4.98 Å². The molecular formula is C19H24F3N7O2S. The number of anilines is 1. The van der Waals surface area contributed by atoms with Gasteiger partial charge < -0.3 is 19.9 Å². The van der Waals surface area contributed by atoms with E-state index in [1.807, 2.05) is 4.90 Å². The van der Waals surface area contributed by atoms with Crippen LogP contribution in [0.2, 0.25) is 0 Å². The van der Waals surface area contributed by atoms with Gasteiger partial charge in [-0.3, -0.25) is 16.5 Å². The Morgan fingerprint density at radius 3 is 2.50 bits per heavy atom. The van der Waals surface area contributed by atoms with Crippen molar-refractivity contribution in [3.8, 4) is 0 Å². The van der Waals surface area contributed by atoms with Crippen molar-refractivity contribution in [1.82, 2.24) is 14.5 Å². The fourth-order valence-corrected chi connectivity index (χ4v) is 4.52. The lowest BCUT2D eigenvalue weighted by Gasteiger charge is -2.25. The van der Waals surface area contributed by atoms with E-state index in [1.54, 1.807) is 10.6 Å². The lowest BCUT2D eigenvalue weighted by Crippen LogP contribution is -2.36. The number of rotatable bonds is 4. The van der Waals surface area contributed by atoms with Gasteiger partial charge in [0.1, 0.15) is 10.5 Å². The number of benzene rings is 1. The van der Waals surface area contributed by atoms with Crippen molar-refractivity contribution < 1.29 is 17.9 Å². The van der Waals surface area contributed by atoms with Crippen molar-refractivity contribution in [2.45, 2.75) is 26.2 Å². The van der Waals surface area contributed by atoms with Crippen LogP contribution in [0.1, 0.15) is 22.5 Å². The Hall–Kier alpha value is -2.58. The Morgan fingerprint density at radius 2 is 1.88 bits per heavy atom. The number of hydrazine groups is 1. The maximum atomic E-state index is 13.3. The second-order valence-corrected chi connectivity index (χ2v) is 7.94. The number of thiazole rings is 1. The van der Waals surface area contributed by atoms with Gasteiger partial charge >= 0.3 is 6.18 Å². The number of nitrogens with two attached hydrogens (primary N) is 3. The van der Waals surface area contributed by atoms with E-state index < -0.39 is 17.3 Å². The van der Waals surface area contributed by atoms with Crippen LogP contribution in [0.5, 0.6) is 0 Å². The fourth-order valence-electron chi connectivity index (χ4n) is 3.52. The first-order valence-corrected chi connectivity index (χ1v) is 10.5. The van der Waals surface area contributed by atoms with Crippen LogP contribution in [0.3, 0.4) is 0 Å². The predicted molar refractivity (Wildman–Crippen MR) is 116 cm³/mol. The minimum absolute atomic E-state index is 0.0341. The molecule has 1 saturated heterocycles. The summed E-state index contributed by atoms with van der Waals surface area (Å²) in [7, 11) is 0. The van der Waals surface area contributed by atoms with Crippen molar-refractivity contribution in [3.05, 3.63) is 51.1 Å². The first kappa shape index (κ1) is 24.1. The van der Waals surface area contributed by atoms with Gasteiger partial charge in [-0.15, -0.1) is 0 Å². The Bertz CT molecular complexity index is 1140. The molecule has 6 N–H and O–H groups in total. The van der Waals surface area contributed by atoms with E-state index in [-0.39, 0.29) is 24.5 Å². The SMILES string of the molecule is Cc1c(Cn2c(CN)nc(=O)c3sc(N4CCOCC4)nc32)cccc1C(F)(F)F.NN. The number of morpholine rings is 1. The molecule has 1 aliphatic heterocycles. The number of aromatic nitrogens is 3. The van der Waals surface area contributed by atoms with Crippen LogP contribution >= 0.6 is 11.3 Å². The summed E-state index contributed by atoms with van der Waals surface area (Å²) in [4.78, 5) is 23.2. The standard InChI is InChI=1S/C19H20F3N5O2S.H4N2/c1-11-12(3-2-4-13(11)19(20,21)22)10-27-14(9-23)24-17(28)15-16(27)25-18(30-15)26-5-7-29-8-6-26;1-2/h2-4H,5-10,23H2,1H3;1-2H2. The molecule has 0 bridgehead atoms. The summed E-state index contributed by atoms with van der Waals surface area (Å²) in [5, 5.41) is 0.663. The molecule has 32 heavy (non-hydrogen) atoms. The zero-order chi connectivity index (χ0) is 23.5. The quantitative estimate of drug-likeness (QED) is 0.383. The molecule has 0 amide bonds. The topological polar surface area (TPSA) is 138 Å². The molecule has 1 aromatic carbocycles. The third kappa shape index (κ3) is 4.76. The molecule has 0 unspecified atom stereocenters. The second kappa shape index (κ2) is 9.92. The van der Waals surface area contributed by atoms with Crippen LogP contribution in [-0.4, -0.2) is 40.8 Å². The van der Waals surface area contributed by atoms with Crippen LogP contribution in [0.4, 0.5) is 18.3 Å². The molecule has 1 aliphatic rings. The number of alkyl halides is 3. The van der Waals surface area contributed by atoms with E-state index in [1.165, 1.54) is 24.3 Å². The van der Waals surface area contributed by atoms with E-state index in [4.69, 9.17) is 10.5 Å². The van der Waals surface area contributed by atoms with Gasteiger partial charge in [0.05, 0.1) is 31.9 Å². The summed E-state index contributed by atoms with van der Waals surface area (Å²) in [6.45, 7) is 3.92. The van der Waals surface area contributed by atoms with Gasteiger partial charge in [0.15, 0.2) is 10.8 Å². The number of hydrogen-bond acceptors (Lipinski definition) is 9. The number of fused-ring (bicyclic) bond motifs is 1. The van der Waals surface area contributed by atoms with E-state index >= 15 is 0 Å². The number of nitrogens with zero attached hydrogens (tertiary/aromatic N) is 4.